The van der Waals surface area contributed by atoms with E-state index in [1.165, 1.54) is 29.1 Å². The number of nitrogens with zero attached hydrogens (tertiary/aromatic N) is 2. The minimum absolute atomic E-state index is 0.114. The van der Waals surface area contributed by atoms with Crippen LogP contribution in [0.1, 0.15) is 26.4 Å². The molecule has 3 N–H and O–H groups in total. The Kier molecular flexibility index (Phi) is 3.28. The molecule has 1 aromatic carbocycles. The van der Waals surface area contributed by atoms with Crippen LogP contribution in [0, 0.1) is 5.82 Å². The van der Waals surface area contributed by atoms with Gasteiger partial charge in [-0.3, -0.25) is 9.48 Å². The number of aromatic carboxylic acids is 1. The van der Waals surface area contributed by atoms with Gasteiger partial charge in [-0.15, -0.1) is 0 Å². The molecule has 98 valence electrons. The summed E-state index contributed by atoms with van der Waals surface area (Å²) in [4.78, 5) is 21.5. The van der Waals surface area contributed by atoms with E-state index in [2.05, 4.69) is 5.10 Å². The molecule has 7 heteroatoms. The van der Waals surface area contributed by atoms with Crippen molar-refractivity contribution in [1.29, 1.82) is 0 Å². The van der Waals surface area contributed by atoms with E-state index in [9.17, 15) is 14.0 Å². The van der Waals surface area contributed by atoms with E-state index in [-0.39, 0.29) is 17.8 Å². The Morgan fingerprint density at radius 3 is 2.63 bits per heavy atom. The van der Waals surface area contributed by atoms with Gasteiger partial charge in [0, 0.05) is 6.20 Å². The number of carboxylic acids is 1. The normalized spacial score (nSPS) is 10.4. The van der Waals surface area contributed by atoms with Gasteiger partial charge >= 0.3 is 5.97 Å². The Bertz CT molecular complexity index is 651. The van der Waals surface area contributed by atoms with Crippen molar-refractivity contribution in [3.05, 3.63) is 53.1 Å². The summed E-state index contributed by atoms with van der Waals surface area (Å²) in [7, 11) is 0. The number of halogens is 1. The molecule has 0 radical (unpaired) electrons. The molecule has 0 aliphatic heterocycles. The third-order valence-electron chi connectivity index (χ3n) is 2.50. The van der Waals surface area contributed by atoms with Gasteiger partial charge in [-0.2, -0.15) is 5.10 Å². The zero-order chi connectivity index (χ0) is 14.0. The summed E-state index contributed by atoms with van der Waals surface area (Å²) in [5, 5.41) is 12.6. The first kappa shape index (κ1) is 12.7. The van der Waals surface area contributed by atoms with Crippen LogP contribution in [0.5, 0.6) is 0 Å². The van der Waals surface area contributed by atoms with Gasteiger partial charge in [-0.25, -0.2) is 9.18 Å². The summed E-state index contributed by atoms with van der Waals surface area (Å²) in [6.07, 6.45) is 1.53. The Hall–Kier alpha value is -2.70. The minimum Gasteiger partial charge on any atom is -0.478 e. The molecule has 0 saturated heterocycles. The van der Waals surface area contributed by atoms with E-state index in [4.69, 9.17) is 10.8 Å². The van der Waals surface area contributed by atoms with Gasteiger partial charge < -0.3 is 10.8 Å². The van der Waals surface area contributed by atoms with Crippen molar-refractivity contribution < 1.29 is 19.1 Å². The summed E-state index contributed by atoms with van der Waals surface area (Å²) in [6.45, 7) is 0.212. The van der Waals surface area contributed by atoms with Crippen molar-refractivity contribution in [1.82, 2.24) is 9.78 Å². The van der Waals surface area contributed by atoms with Gasteiger partial charge in [0.25, 0.3) is 5.91 Å². The molecular weight excluding hydrogens is 253 g/mol. The van der Waals surface area contributed by atoms with Crippen molar-refractivity contribution in [3.63, 3.8) is 0 Å². The summed E-state index contributed by atoms with van der Waals surface area (Å²) in [6, 6.07) is 5.24. The maximum atomic E-state index is 13.5. The third-order valence-corrected chi connectivity index (χ3v) is 2.50. The highest BCUT2D eigenvalue weighted by molar-refractivity contribution is 5.90. The fraction of sp³-hybridized carbons (Fsp3) is 0.0833. The molecule has 0 aliphatic rings. The molecule has 0 fully saturated rings. The third kappa shape index (κ3) is 2.76. The maximum absolute atomic E-state index is 13.5. The second-order valence-corrected chi connectivity index (χ2v) is 3.88. The van der Waals surface area contributed by atoms with Crippen molar-refractivity contribution in [2.24, 2.45) is 5.73 Å². The molecule has 19 heavy (non-hydrogen) atoms. The Morgan fingerprint density at radius 1 is 1.37 bits per heavy atom. The lowest BCUT2D eigenvalue weighted by atomic mass is 10.1. The van der Waals surface area contributed by atoms with Crippen LogP contribution in [0.2, 0.25) is 0 Å². The molecule has 2 rings (SSSR count). The van der Waals surface area contributed by atoms with E-state index < -0.39 is 17.7 Å². The largest absolute Gasteiger partial charge is 0.478 e. The average molecular weight is 263 g/mol. The quantitative estimate of drug-likeness (QED) is 0.854. The lowest BCUT2D eigenvalue weighted by Gasteiger charge is -2.04. The van der Waals surface area contributed by atoms with E-state index in [0.29, 0.717) is 5.56 Å². The Morgan fingerprint density at radius 2 is 2.11 bits per heavy atom. The Labute approximate surface area is 107 Å². The SMILES string of the molecule is NC(=O)c1ccn(Cc2ccc(C(=O)O)c(F)c2)n1. The Balaban J connectivity index is 2.21. The van der Waals surface area contributed by atoms with Crippen LogP contribution in [-0.4, -0.2) is 26.8 Å². The first-order chi connectivity index (χ1) is 8.97. The van der Waals surface area contributed by atoms with E-state index in [1.54, 1.807) is 0 Å². The highest BCUT2D eigenvalue weighted by Gasteiger charge is 2.11. The van der Waals surface area contributed by atoms with Gasteiger partial charge in [0.05, 0.1) is 12.1 Å². The molecule has 0 bridgehead atoms. The maximum Gasteiger partial charge on any atom is 0.338 e. The number of carbonyl (C=O) groups excluding carboxylic acids is 1. The van der Waals surface area contributed by atoms with Crippen LogP contribution >= 0.6 is 0 Å². The lowest BCUT2D eigenvalue weighted by Crippen LogP contribution is -2.12. The molecule has 1 amide bonds. The number of carbonyl (C=O) groups is 2. The number of amides is 1. The molecule has 1 aromatic heterocycles. The summed E-state index contributed by atoms with van der Waals surface area (Å²) >= 11 is 0. The van der Waals surface area contributed by atoms with Crippen molar-refractivity contribution in [3.8, 4) is 0 Å². The number of nitrogens with two attached hydrogens (primary N) is 1. The highest BCUT2D eigenvalue weighted by atomic mass is 19.1. The molecule has 0 aliphatic carbocycles. The summed E-state index contributed by atoms with van der Waals surface area (Å²) < 4.78 is 14.9. The van der Waals surface area contributed by atoms with Crippen LogP contribution in [-0.2, 0) is 6.54 Å². The van der Waals surface area contributed by atoms with E-state index in [0.717, 1.165) is 6.07 Å². The number of carboxylic acid groups (broad SMARTS) is 1. The summed E-state index contributed by atoms with van der Waals surface area (Å²) in [5.41, 5.74) is 5.31. The second kappa shape index (κ2) is 4.89. The first-order valence-corrected chi connectivity index (χ1v) is 5.32. The number of benzene rings is 1. The molecule has 0 unspecified atom stereocenters. The lowest BCUT2D eigenvalue weighted by molar-refractivity contribution is 0.0691. The van der Waals surface area contributed by atoms with Crippen LogP contribution in [0.4, 0.5) is 4.39 Å². The van der Waals surface area contributed by atoms with Gasteiger partial charge in [-0.05, 0) is 23.8 Å². The van der Waals surface area contributed by atoms with Crippen LogP contribution in [0.25, 0.3) is 0 Å². The zero-order valence-electron chi connectivity index (χ0n) is 9.71. The predicted octanol–water partition coefficient (Wildman–Crippen LogP) is 0.868. The fourth-order valence-corrected chi connectivity index (χ4v) is 1.60. The predicted molar refractivity (Wildman–Crippen MR) is 63.2 cm³/mol. The number of rotatable bonds is 4. The first-order valence-electron chi connectivity index (χ1n) is 5.32. The topological polar surface area (TPSA) is 98.2 Å². The van der Waals surface area contributed by atoms with Gasteiger partial charge in [0.2, 0.25) is 0 Å². The minimum atomic E-state index is -1.32. The van der Waals surface area contributed by atoms with Crippen LogP contribution in [0.15, 0.2) is 30.5 Å². The van der Waals surface area contributed by atoms with Gasteiger partial charge in [0.1, 0.15) is 11.5 Å². The molecule has 2 aromatic rings. The van der Waals surface area contributed by atoms with Gasteiger partial charge in [-0.1, -0.05) is 6.07 Å². The van der Waals surface area contributed by atoms with Crippen molar-refractivity contribution >= 4 is 11.9 Å². The smallest absolute Gasteiger partial charge is 0.338 e. The van der Waals surface area contributed by atoms with Crippen molar-refractivity contribution in [2.75, 3.05) is 0 Å². The molecule has 1 heterocycles. The number of primary amides is 1. The standard InChI is InChI=1S/C12H10FN3O3/c13-9-5-7(1-2-8(9)12(18)19)6-16-4-3-10(15-16)11(14)17/h1-5H,6H2,(H2,14,17)(H,18,19). The van der Waals surface area contributed by atoms with Crippen molar-refractivity contribution in [2.45, 2.75) is 6.54 Å². The highest BCUT2D eigenvalue weighted by Crippen LogP contribution is 2.11. The molecule has 0 spiro atoms. The molecule has 0 saturated carbocycles. The average Bonchev–Trinajstić information content (AvgIpc) is 2.77. The fourth-order valence-electron chi connectivity index (χ4n) is 1.60. The van der Waals surface area contributed by atoms with E-state index >= 15 is 0 Å². The molecular formula is C12H10FN3O3. The second-order valence-electron chi connectivity index (χ2n) is 3.88. The number of hydrogen-bond acceptors (Lipinski definition) is 3. The number of aromatic nitrogens is 2. The van der Waals surface area contributed by atoms with Crippen LogP contribution < -0.4 is 5.73 Å². The van der Waals surface area contributed by atoms with Gasteiger partial charge in [0.15, 0.2) is 0 Å². The summed E-state index contributed by atoms with van der Waals surface area (Å²) in [5.74, 6) is -2.78. The number of hydrogen-bond donors (Lipinski definition) is 2. The monoisotopic (exact) mass is 263 g/mol. The molecule has 0 atom stereocenters. The van der Waals surface area contributed by atoms with Crippen LogP contribution in [0.3, 0.4) is 0 Å². The zero-order valence-corrected chi connectivity index (χ0v) is 9.71. The molecule has 6 nitrogen and oxygen atoms in total. The van der Waals surface area contributed by atoms with E-state index in [1.807, 2.05) is 0 Å².